The highest BCUT2D eigenvalue weighted by atomic mass is 32.2. The van der Waals surface area contributed by atoms with E-state index in [1.807, 2.05) is 6.07 Å². The summed E-state index contributed by atoms with van der Waals surface area (Å²) in [6.07, 6.45) is 0. The molecule has 0 aliphatic heterocycles. The van der Waals surface area contributed by atoms with Crippen LogP contribution in [-0.4, -0.2) is 54.8 Å². The van der Waals surface area contributed by atoms with Crippen LogP contribution >= 0.6 is 11.8 Å². The van der Waals surface area contributed by atoms with Gasteiger partial charge in [0.05, 0.1) is 5.75 Å². The molecule has 1 aromatic rings. The maximum absolute atomic E-state index is 11.5. The number of ether oxygens (including phenoxy) is 1. The van der Waals surface area contributed by atoms with Crippen molar-refractivity contribution >= 4 is 23.5 Å². The maximum Gasteiger partial charge on any atom is 0.232 e. The highest BCUT2D eigenvalue weighted by Crippen LogP contribution is 2.19. The minimum absolute atomic E-state index is 0.0536. The Bertz CT molecular complexity index is 412. The second kappa shape index (κ2) is 7.17. The molecule has 100 valence electrons. The first-order valence-electron chi connectivity index (χ1n) is 5.44. The average Bonchev–Trinajstić information content (AvgIpc) is 2.35. The van der Waals surface area contributed by atoms with E-state index in [-0.39, 0.29) is 5.91 Å². The Hall–Kier alpha value is -1.34. The van der Waals surface area contributed by atoms with Crippen LogP contribution in [0.1, 0.15) is 5.82 Å². The predicted octanol–water partition coefficient (Wildman–Crippen LogP) is 0.845. The molecule has 1 amide bonds. The Kier molecular flexibility index (Phi) is 5.87. The molecule has 1 heterocycles. The molecule has 0 spiro atoms. The highest BCUT2D eigenvalue weighted by Gasteiger charge is 2.08. The first kappa shape index (κ1) is 14.7. The van der Waals surface area contributed by atoms with E-state index >= 15 is 0 Å². The number of carbonyl (C=O) groups is 1. The van der Waals surface area contributed by atoms with Crippen LogP contribution in [0.3, 0.4) is 0 Å². The Morgan fingerprint density at radius 3 is 2.78 bits per heavy atom. The van der Waals surface area contributed by atoms with Crippen LogP contribution in [0, 0.1) is 0 Å². The normalized spacial score (nSPS) is 10.2. The Labute approximate surface area is 111 Å². The van der Waals surface area contributed by atoms with Crippen LogP contribution in [-0.2, 0) is 16.1 Å². The maximum atomic E-state index is 11.5. The van der Waals surface area contributed by atoms with E-state index in [4.69, 9.17) is 4.74 Å². The summed E-state index contributed by atoms with van der Waals surface area (Å²) in [5.41, 5.74) is 0. The molecule has 0 saturated heterocycles. The summed E-state index contributed by atoms with van der Waals surface area (Å²) in [5, 5.41) is 3.72. The molecular formula is C11H18N4O2S. The van der Waals surface area contributed by atoms with Crippen LogP contribution in [0.4, 0.5) is 5.82 Å². The van der Waals surface area contributed by atoms with Gasteiger partial charge in [-0.25, -0.2) is 9.97 Å². The molecule has 0 aliphatic rings. The van der Waals surface area contributed by atoms with Crippen molar-refractivity contribution in [3.8, 4) is 0 Å². The van der Waals surface area contributed by atoms with E-state index in [0.29, 0.717) is 18.2 Å². The zero-order chi connectivity index (χ0) is 13.5. The molecule has 0 aromatic carbocycles. The van der Waals surface area contributed by atoms with Gasteiger partial charge < -0.3 is 15.0 Å². The van der Waals surface area contributed by atoms with Crippen LogP contribution in [0.15, 0.2) is 11.1 Å². The Morgan fingerprint density at radius 2 is 2.22 bits per heavy atom. The van der Waals surface area contributed by atoms with Crippen molar-refractivity contribution in [3.63, 3.8) is 0 Å². The third-order valence-corrected chi connectivity index (χ3v) is 3.02. The van der Waals surface area contributed by atoms with Crippen molar-refractivity contribution < 1.29 is 9.53 Å². The van der Waals surface area contributed by atoms with Gasteiger partial charge in [0.25, 0.3) is 0 Å². The number of methoxy groups -OCH3 is 1. The lowest BCUT2D eigenvalue weighted by Gasteiger charge is -2.10. The summed E-state index contributed by atoms with van der Waals surface area (Å²) >= 11 is 1.39. The van der Waals surface area contributed by atoms with Crippen LogP contribution in [0.2, 0.25) is 0 Å². The second-order valence-corrected chi connectivity index (χ2v) is 4.76. The van der Waals surface area contributed by atoms with Gasteiger partial charge in [-0.1, -0.05) is 11.8 Å². The SMILES string of the molecule is CNc1cc(SCC(=O)N(C)C)nc(COC)n1. The van der Waals surface area contributed by atoms with E-state index in [9.17, 15) is 4.79 Å². The summed E-state index contributed by atoms with van der Waals surface area (Å²) in [6, 6.07) is 1.81. The minimum atomic E-state index is 0.0536. The number of rotatable bonds is 6. The second-order valence-electron chi connectivity index (χ2n) is 3.77. The molecule has 1 aromatic heterocycles. The third kappa shape index (κ3) is 4.50. The monoisotopic (exact) mass is 270 g/mol. The van der Waals surface area contributed by atoms with Crippen molar-refractivity contribution in [2.24, 2.45) is 0 Å². The molecule has 7 heteroatoms. The summed E-state index contributed by atoms with van der Waals surface area (Å²) < 4.78 is 5.01. The zero-order valence-electron chi connectivity index (χ0n) is 11.1. The fourth-order valence-electron chi connectivity index (χ4n) is 1.13. The molecule has 1 N–H and O–H groups in total. The van der Waals surface area contributed by atoms with Crippen molar-refractivity contribution in [1.82, 2.24) is 14.9 Å². The lowest BCUT2D eigenvalue weighted by atomic mass is 10.5. The molecule has 0 fully saturated rings. The summed E-state index contributed by atoms with van der Waals surface area (Å²) in [5.74, 6) is 1.73. The first-order chi connectivity index (χ1) is 8.56. The average molecular weight is 270 g/mol. The van der Waals surface area contributed by atoms with Gasteiger partial charge in [0.2, 0.25) is 5.91 Å². The molecule has 0 atom stereocenters. The number of carbonyl (C=O) groups excluding carboxylic acids is 1. The highest BCUT2D eigenvalue weighted by molar-refractivity contribution is 7.99. The van der Waals surface area contributed by atoms with E-state index in [1.54, 1.807) is 33.2 Å². The number of nitrogens with zero attached hydrogens (tertiary/aromatic N) is 3. The fourth-order valence-corrected chi connectivity index (χ4v) is 2.03. The number of amides is 1. The van der Waals surface area contributed by atoms with Crippen LogP contribution in [0.5, 0.6) is 0 Å². The number of thioether (sulfide) groups is 1. The van der Waals surface area contributed by atoms with E-state index in [2.05, 4.69) is 15.3 Å². The number of hydrogen-bond acceptors (Lipinski definition) is 6. The van der Waals surface area contributed by atoms with Crippen molar-refractivity contribution in [3.05, 3.63) is 11.9 Å². The molecule has 0 saturated carbocycles. The number of nitrogens with one attached hydrogen (secondary N) is 1. The molecule has 18 heavy (non-hydrogen) atoms. The first-order valence-corrected chi connectivity index (χ1v) is 6.43. The molecular weight excluding hydrogens is 252 g/mol. The van der Waals surface area contributed by atoms with Crippen molar-refractivity contribution in [2.45, 2.75) is 11.6 Å². The van der Waals surface area contributed by atoms with Gasteiger partial charge >= 0.3 is 0 Å². The smallest absolute Gasteiger partial charge is 0.232 e. The van der Waals surface area contributed by atoms with Gasteiger partial charge in [-0.05, 0) is 0 Å². The molecule has 0 unspecified atom stereocenters. The quantitative estimate of drug-likeness (QED) is 0.610. The van der Waals surface area contributed by atoms with Crippen molar-refractivity contribution in [2.75, 3.05) is 39.3 Å². The van der Waals surface area contributed by atoms with Gasteiger partial charge in [0, 0.05) is 34.3 Å². The third-order valence-electron chi connectivity index (χ3n) is 2.12. The van der Waals surface area contributed by atoms with Gasteiger partial charge in [-0.2, -0.15) is 0 Å². The number of anilines is 1. The van der Waals surface area contributed by atoms with Gasteiger partial charge in [-0.15, -0.1) is 0 Å². The van der Waals surface area contributed by atoms with Crippen LogP contribution < -0.4 is 5.32 Å². The van der Waals surface area contributed by atoms with Gasteiger partial charge in [0.1, 0.15) is 17.5 Å². The molecule has 1 rings (SSSR count). The minimum Gasteiger partial charge on any atom is -0.377 e. The molecule has 0 radical (unpaired) electrons. The summed E-state index contributed by atoms with van der Waals surface area (Å²) in [7, 11) is 6.85. The van der Waals surface area contributed by atoms with E-state index < -0.39 is 0 Å². The van der Waals surface area contributed by atoms with Gasteiger partial charge in [0.15, 0.2) is 5.82 Å². The van der Waals surface area contributed by atoms with Gasteiger partial charge in [-0.3, -0.25) is 4.79 Å². The predicted molar refractivity (Wildman–Crippen MR) is 71.7 cm³/mol. The number of hydrogen-bond donors (Lipinski definition) is 1. The summed E-state index contributed by atoms with van der Waals surface area (Å²) in [4.78, 5) is 21.6. The Morgan fingerprint density at radius 1 is 1.50 bits per heavy atom. The lowest BCUT2D eigenvalue weighted by Crippen LogP contribution is -2.23. The largest absolute Gasteiger partial charge is 0.377 e. The lowest BCUT2D eigenvalue weighted by molar-refractivity contribution is -0.125. The van der Waals surface area contributed by atoms with E-state index in [0.717, 1.165) is 10.8 Å². The van der Waals surface area contributed by atoms with Crippen LogP contribution in [0.25, 0.3) is 0 Å². The fraction of sp³-hybridized carbons (Fsp3) is 0.545. The van der Waals surface area contributed by atoms with E-state index in [1.165, 1.54) is 11.8 Å². The molecule has 6 nitrogen and oxygen atoms in total. The summed E-state index contributed by atoms with van der Waals surface area (Å²) in [6.45, 7) is 0.352. The standard InChI is InChI=1S/C11H18N4O2S/c1-12-8-5-10(14-9(13-8)6-17-4)18-7-11(16)15(2)3/h5H,6-7H2,1-4H3,(H,12,13,14). The number of aromatic nitrogens is 2. The molecule has 0 bridgehead atoms. The molecule has 0 aliphatic carbocycles. The topological polar surface area (TPSA) is 67.4 Å². The Balaban J connectivity index is 2.75. The van der Waals surface area contributed by atoms with Crippen molar-refractivity contribution in [1.29, 1.82) is 0 Å². The zero-order valence-corrected chi connectivity index (χ0v) is 11.9.